The van der Waals surface area contributed by atoms with Gasteiger partial charge in [0.25, 0.3) is 0 Å². The predicted octanol–water partition coefficient (Wildman–Crippen LogP) is 5.79. The lowest BCUT2D eigenvalue weighted by Crippen LogP contribution is -2.39. The normalized spacial score (nSPS) is 12.4. The number of fused-ring (bicyclic) bond motifs is 1. The number of hydrogen-bond acceptors (Lipinski definition) is 5. The number of aromatic nitrogens is 1. The maximum absolute atomic E-state index is 12.6. The molecule has 2 heterocycles. The molecule has 6 heteroatoms. The zero-order chi connectivity index (χ0) is 20.4. The number of likely N-dealkylation sites (N-methyl/N-ethyl adjacent to an activating group) is 1. The van der Waals surface area contributed by atoms with Gasteiger partial charge in [0.05, 0.1) is 16.3 Å². The highest BCUT2D eigenvalue weighted by Gasteiger charge is 2.18. The van der Waals surface area contributed by atoms with E-state index in [-0.39, 0.29) is 11.9 Å². The average molecular weight is 422 g/mol. The minimum atomic E-state index is -0.218. The lowest BCUT2D eigenvalue weighted by atomic mass is 10.2. The van der Waals surface area contributed by atoms with Crippen LogP contribution < -0.4 is 5.32 Å². The second-order valence-corrected chi connectivity index (χ2v) is 9.29. The summed E-state index contributed by atoms with van der Waals surface area (Å²) in [6.45, 7) is 4.79. The first-order valence-electron chi connectivity index (χ1n) is 9.51. The van der Waals surface area contributed by atoms with Crippen LogP contribution in [-0.4, -0.2) is 28.9 Å². The van der Waals surface area contributed by atoms with Crippen LogP contribution in [0.4, 0.5) is 5.69 Å². The molecule has 4 aromatic rings. The number of hydrogen-bond donors (Lipinski definition) is 1. The SMILES string of the molecule is Cc1ccc2nc(-c3ccc(NC(=O)[C@H](C)N(C)Cc4cccs4)cc3)sc2c1. The molecule has 0 bridgehead atoms. The Bertz CT molecular complexity index is 1120. The number of nitrogens with zero attached hydrogens (tertiary/aromatic N) is 2. The predicted molar refractivity (Wildman–Crippen MR) is 124 cm³/mol. The molecule has 1 amide bonds. The van der Waals surface area contributed by atoms with Crippen LogP contribution in [0.5, 0.6) is 0 Å². The number of anilines is 1. The van der Waals surface area contributed by atoms with Crippen LogP contribution in [0.25, 0.3) is 20.8 Å². The summed E-state index contributed by atoms with van der Waals surface area (Å²) in [4.78, 5) is 20.7. The molecule has 1 atom stereocenters. The number of benzene rings is 2. The Kier molecular flexibility index (Phi) is 5.76. The molecule has 4 nitrogen and oxygen atoms in total. The van der Waals surface area contributed by atoms with Crippen molar-refractivity contribution in [2.45, 2.75) is 26.4 Å². The van der Waals surface area contributed by atoms with Crippen molar-refractivity contribution < 1.29 is 4.79 Å². The molecule has 148 valence electrons. The van der Waals surface area contributed by atoms with Crippen molar-refractivity contribution in [3.8, 4) is 10.6 Å². The highest BCUT2D eigenvalue weighted by atomic mass is 32.1. The van der Waals surface area contributed by atoms with Gasteiger partial charge in [0.1, 0.15) is 5.01 Å². The van der Waals surface area contributed by atoms with Gasteiger partial charge in [-0.2, -0.15) is 0 Å². The van der Waals surface area contributed by atoms with Gasteiger partial charge in [-0.3, -0.25) is 9.69 Å². The number of thiophene rings is 1. The fourth-order valence-electron chi connectivity index (χ4n) is 3.08. The first kappa shape index (κ1) is 19.8. The summed E-state index contributed by atoms with van der Waals surface area (Å²) >= 11 is 3.40. The molecule has 2 aromatic carbocycles. The third-order valence-electron chi connectivity index (χ3n) is 4.97. The van der Waals surface area contributed by atoms with Crippen molar-refractivity contribution in [2.75, 3.05) is 12.4 Å². The molecule has 2 aromatic heterocycles. The Balaban J connectivity index is 1.42. The van der Waals surface area contributed by atoms with Crippen molar-refractivity contribution in [1.29, 1.82) is 0 Å². The molecule has 0 aliphatic carbocycles. The molecule has 0 radical (unpaired) electrons. The van der Waals surface area contributed by atoms with E-state index in [0.29, 0.717) is 0 Å². The Morgan fingerprint density at radius 2 is 1.97 bits per heavy atom. The minimum absolute atomic E-state index is 0.00716. The van der Waals surface area contributed by atoms with Crippen LogP contribution in [-0.2, 0) is 11.3 Å². The van der Waals surface area contributed by atoms with Gasteiger partial charge < -0.3 is 5.32 Å². The van der Waals surface area contributed by atoms with Gasteiger partial charge in [-0.1, -0.05) is 12.1 Å². The van der Waals surface area contributed by atoms with E-state index in [0.717, 1.165) is 28.3 Å². The summed E-state index contributed by atoms with van der Waals surface area (Å²) in [5.74, 6) is -0.00716. The number of thiazole rings is 1. The van der Waals surface area contributed by atoms with Gasteiger partial charge >= 0.3 is 0 Å². The second kappa shape index (κ2) is 8.45. The highest BCUT2D eigenvalue weighted by Crippen LogP contribution is 2.31. The van der Waals surface area contributed by atoms with E-state index in [1.807, 2.05) is 44.3 Å². The Labute approximate surface area is 178 Å². The van der Waals surface area contributed by atoms with Crippen molar-refractivity contribution in [3.63, 3.8) is 0 Å². The Hall–Kier alpha value is -2.54. The second-order valence-electron chi connectivity index (χ2n) is 7.23. The number of amides is 1. The minimum Gasteiger partial charge on any atom is -0.325 e. The fourth-order valence-corrected chi connectivity index (χ4v) is 4.92. The summed E-state index contributed by atoms with van der Waals surface area (Å²) in [5.41, 5.74) is 4.12. The Morgan fingerprint density at radius 3 is 2.69 bits per heavy atom. The van der Waals surface area contributed by atoms with Crippen molar-refractivity contribution in [1.82, 2.24) is 9.88 Å². The molecule has 0 unspecified atom stereocenters. The lowest BCUT2D eigenvalue weighted by Gasteiger charge is -2.23. The number of aryl methyl sites for hydroxylation is 1. The molecule has 0 saturated heterocycles. The van der Waals surface area contributed by atoms with Gasteiger partial charge in [-0.15, -0.1) is 22.7 Å². The van der Waals surface area contributed by atoms with E-state index in [9.17, 15) is 4.79 Å². The summed E-state index contributed by atoms with van der Waals surface area (Å²) in [7, 11) is 1.97. The topological polar surface area (TPSA) is 45.2 Å². The van der Waals surface area contributed by atoms with Crippen LogP contribution in [0.1, 0.15) is 17.4 Å². The van der Waals surface area contributed by atoms with Gasteiger partial charge in [-0.05, 0) is 74.3 Å². The molecule has 0 spiro atoms. The fraction of sp³-hybridized carbons (Fsp3) is 0.217. The quantitative estimate of drug-likeness (QED) is 0.428. The van der Waals surface area contributed by atoms with E-state index in [1.165, 1.54) is 15.1 Å². The number of carbonyl (C=O) groups is 1. The third kappa shape index (κ3) is 4.56. The van der Waals surface area contributed by atoms with Crippen LogP contribution >= 0.6 is 22.7 Å². The van der Waals surface area contributed by atoms with Crippen molar-refractivity contribution >= 4 is 44.5 Å². The standard InChI is InChI=1S/C23H23N3OS2/c1-15-6-11-20-21(13-15)29-23(25-20)17-7-9-18(10-8-17)24-22(27)16(2)26(3)14-19-5-4-12-28-19/h4-13,16H,14H2,1-3H3,(H,24,27)/t16-/m0/s1. The molecule has 29 heavy (non-hydrogen) atoms. The molecule has 0 fully saturated rings. The monoisotopic (exact) mass is 421 g/mol. The van der Waals surface area contributed by atoms with Crippen LogP contribution in [0.3, 0.4) is 0 Å². The van der Waals surface area contributed by atoms with E-state index in [2.05, 4.69) is 46.8 Å². The first-order valence-corrected chi connectivity index (χ1v) is 11.2. The molecule has 0 aliphatic rings. The molecule has 4 rings (SSSR count). The zero-order valence-electron chi connectivity index (χ0n) is 16.7. The van der Waals surface area contributed by atoms with Crippen LogP contribution in [0, 0.1) is 6.92 Å². The van der Waals surface area contributed by atoms with Crippen molar-refractivity contribution in [2.24, 2.45) is 0 Å². The Morgan fingerprint density at radius 1 is 1.17 bits per heavy atom. The average Bonchev–Trinajstić information content (AvgIpc) is 3.37. The lowest BCUT2D eigenvalue weighted by molar-refractivity contribution is -0.120. The largest absolute Gasteiger partial charge is 0.325 e. The number of rotatable bonds is 6. The van der Waals surface area contributed by atoms with E-state index >= 15 is 0 Å². The molecule has 0 aliphatic heterocycles. The maximum Gasteiger partial charge on any atom is 0.241 e. The number of nitrogens with one attached hydrogen (secondary N) is 1. The summed E-state index contributed by atoms with van der Waals surface area (Å²) < 4.78 is 1.19. The highest BCUT2D eigenvalue weighted by molar-refractivity contribution is 7.21. The van der Waals surface area contributed by atoms with Gasteiger partial charge in [0.15, 0.2) is 0 Å². The van der Waals surface area contributed by atoms with E-state index in [1.54, 1.807) is 22.7 Å². The summed E-state index contributed by atoms with van der Waals surface area (Å²) in [5, 5.41) is 6.07. The van der Waals surface area contributed by atoms with E-state index < -0.39 is 0 Å². The summed E-state index contributed by atoms with van der Waals surface area (Å²) in [6.07, 6.45) is 0. The van der Waals surface area contributed by atoms with Gasteiger partial charge in [0.2, 0.25) is 5.91 Å². The third-order valence-corrected chi connectivity index (χ3v) is 6.90. The van der Waals surface area contributed by atoms with Gasteiger partial charge in [-0.25, -0.2) is 4.98 Å². The molecular formula is C23H23N3OS2. The van der Waals surface area contributed by atoms with Crippen molar-refractivity contribution in [3.05, 3.63) is 70.4 Å². The number of carbonyl (C=O) groups excluding carboxylic acids is 1. The van der Waals surface area contributed by atoms with Crippen LogP contribution in [0.15, 0.2) is 60.0 Å². The first-order chi connectivity index (χ1) is 14.0. The molecule has 1 N–H and O–H groups in total. The van der Waals surface area contributed by atoms with Crippen LogP contribution in [0.2, 0.25) is 0 Å². The molecular weight excluding hydrogens is 398 g/mol. The molecule has 0 saturated carbocycles. The van der Waals surface area contributed by atoms with Gasteiger partial charge in [0, 0.05) is 22.7 Å². The maximum atomic E-state index is 12.6. The zero-order valence-corrected chi connectivity index (χ0v) is 18.3. The smallest absolute Gasteiger partial charge is 0.241 e. The summed E-state index contributed by atoms with van der Waals surface area (Å²) in [6, 6.07) is 18.1. The van der Waals surface area contributed by atoms with E-state index in [4.69, 9.17) is 4.98 Å².